The van der Waals surface area contributed by atoms with Crippen molar-refractivity contribution in [2.24, 2.45) is 0 Å². The largest absolute Gasteiger partial charge is 0.361 e. The summed E-state index contributed by atoms with van der Waals surface area (Å²) in [5, 5.41) is 10.3. The first kappa shape index (κ1) is 15.2. The number of nitrogens with one attached hydrogen (secondary N) is 2. The minimum atomic E-state index is -0.112. The van der Waals surface area contributed by atoms with E-state index < -0.39 is 0 Å². The fraction of sp³-hybridized carbons (Fsp3) is 0.714. The summed E-state index contributed by atoms with van der Waals surface area (Å²) >= 11 is 1.95. The van der Waals surface area contributed by atoms with Gasteiger partial charge in [0.25, 0.3) is 0 Å². The Morgan fingerprint density at radius 1 is 1.50 bits per heavy atom. The van der Waals surface area contributed by atoms with Crippen LogP contribution in [0.15, 0.2) is 10.6 Å². The first-order chi connectivity index (χ1) is 9.69. The highest BCUT2D eigenvalue weighted by Crippen LogP contribution is 2.28. The van der Waals surface area contributed by atoms with Crippen molar-refractivity contribution in [3.8, 4) is 0 Å². The van der Waals surface area contributed by atoms with Crippen LogP contribution >= 0.6 is 11.8 Å². The minimum Gasteiger partial charge on any atom is -0.361 e. The lowest BCUT2D eigenvalue weighted by Gasteiger charge is -2.31. The smallest absolute Gasteiger partial charge is 0.315 e. The van der Waals surface area contributed by atoms with E-state index in [1.807, 2.05) is 24.8 Å². The van der Waals surface area contributed by atoms with Gasteiger partial charge in [-0.3, -0.25) is 0 Å². The van der Waals surface area contributed by atoms with Crippen LogP contribution in [0.4, 0.5) is 4.79 Å². The number of amides is 2. The maximum atomic E-state index is 12.0. The summed E-state index contributed by atoms with van der Waals surface area (Å²) < 4.78 is 4.97. The van der Waals surface area contributed by atoms with Gasteiger partial charge in [0.1, 0.15) is 11.5 Å². The molecule has 2 amide bonds. The molecular formula is C14H23N3O2S. The van der Waals surface area contributed by atoms with Gasteiger partial charge in [0.15, 0.2) is 0 Å². The highest BCUT2D eigenvalue weighted by molar-refractivity contribution is 7.99. The number of urea groups is 1. The molecule has 1 aromatic rings. The Bertz CT molecular complexity index is 434. The fourth-order valence-electron chi connectivity index (χ4n) is 2.57. The normalized spacial score (nSPS) is 22.5. The monoisotopic (exact) mass is 297 g/mol. The number of rotatable bonds is 5. The van der Waals surface area contributed by atoms with Gasteiger partial charge < -0.3 is 15.2 Å². The molecule has 0 bridgehead atoms. The van der Waals surface area contributed by atoms with Crippen LogP contribution < -0.4 is 10.6 Å². The third kappa shape index (κ3) is 4.44. The van der Waals surface area contributed by atoms with Crippen molar-refractivity contribution in [3.05, 3.63) is 17.5 Å². The first-order valence-corrected chi connectivity index (χ1v) is 8.32. The molecule has 1 aliphatic rings. The third-order valence-corrected chi connectivity index (χ3v) is 4.83. The number of thioether (sulfide) groups is 1. The van der Waals surface area contributed by atoms with Crippen molar-refractivity contribution in [1.82, 2.24) is 15.8 Å². The van der Waals surface area contributed by atoms with Crippen LogP contribution in [-0.4, -0.2) is 28.2 Å². The van der Waals surface area contributed by atoms with Gasteiger partial charge in [-0.1, -0.05) is 24.9 Å². The zero-order valence-electron chi connectivity index (χ0n) is 12.1. The van der Waals surface area contributed by atoms with Crippen molar-refractivity contribution >= 4 is 17.8 Å². The number of aromatic nitrogens is 1. The van der Waals surface area contributed by atoms with E-state index in [2.05, 4.69) is 22.7 Å². The van der Waals surface area contributed by atoms with Gasteiger partial charge in [-0.25, -0.2) is 4.79 Å². The zero-order chi connectivity index (χ0) is 14.4. The van der Waals surface area contributed by atoms with E-state index in [1.54, 1.807) is 0 Å². The van der Waals surface area contributed by atoms with Crippen molar-refractivity contribution in [2.45, 2.75) is 57.4 Å². The number of carbonyl (C=O) groups excluding carboxylic acids is 1. The van der Waals surface area contributed by atoms with Crippen LogP contribution in [0.2, 0.25) is 0 Å². The molecule has 2 N–H and O–H groups in total. The predicted octanol–water partition coefficient (Wildman–Crippen LogP) is 2.85. The van der Waals surface area contributed by atoms with Crippen LogP contribution in [0.3, 0.4) is 0 Å². The molecule has 112 valence electrons. The molecule has 2 rings (SSSR count). The molecular weight excluding hydrogens is 274 g/mol. The maximum absolute atomic E-state index is 12.0. The lowest BCUT2D eigenvalue weighted by atomic mass is 9.95. The molecule has 20 heavy (non-hydrogen) atoms. The Hall–Kier alpha value is -1.17. The van der Waals surface area contributed by atoms with E-state index in [-0.39, 0.29) is 12.1 Å². The number of nitrogens with zero attached hydrogens (tertiary/aromatic N) is 1. The number of carbonyl (C=O) groups is 1. The lowest BCUT2D eigenvalue weighted by molar-refractivity contribution is 0.232. The van der Waals surface area contributed by atoms with Gasteiger partial charge in [-0.15, -0.1) is 0 Å². The minimum absolute atomic E-state index is 0.112. The molecule has 6 heteroatoms. The van der Waals surface area contributed by atoms with Gasteiger partial charge in [-0.05, 0) is 25.5 Å². The van der Waals surface area contributed by atoms with E-state index in [1.165, 1.54) is 19.3 Å². The summed E-state index contributed by atoms with van der Waals surface area (Å²) in [4.78, 5) is 12.0. The molecule has 0 saturated heterocycles. The van der Waals surface area contributed by atoms with Gasteiger partial charge in [0.2, 0.25) is 0 Å². The van der Waals surface area contributed by atoms with Crippen molar-refractivity contribution in [2.75, 3.05) is 5.75 Å². The summed E-state index contributed by atoms with van der Waals surface area (Å²) in [6.07, 6.45) is 4.75. The van der Waals surface area contributed by atoms with Crippen molar-refractivity contribution < 1.29 is 9.32 Å². The molecule has 2 unspecified atom stereocenters. The third-order valence-electron chi connectivity index (χ3n) is 3.51. The molecule has 2 atom stereocenters. The molecule has 5 nitrogen and oxygen atoms in total. The summed E-state index contributed by atoms with van der Waals surface area (Å²) in [6.45, 7) is 4.41. The average Bonchev–Trinajstić information content (AvgIpc) is 2.85. The standard InChI is InChI=1S/C14H23N3O2S/c1-3-20-13-7-5-4-6-12(13)16-14(18)15-9-11-8-10(2)19-17-11/h8,12-13H,3-7,9H2,1-2H3,(H2,15,16,18). The molecule has 0 spiro atoms. The number of hydrogen-bond acceptors (Lipinski definition) is 4. The van der Waals surface area contributed by atoms with Crippen LogP contribution in [0.5, 0.6) is 0 Å². The van der Waals surface area contributed by atoms with Crippen LogP contribution in [-0.2, 0) is 6.54 Å². The highest BCUT2D eigenvalue weighted by atomic mass is 32.2. The van der Waals surface area contributed by atoms with E-state index in [9.17, 15) is 4.79 Å². The quantitative estimate of drug-likeness (QED) is 0.877. The second-order valence-electron chi connectivity index (χ2n) is 5.14. The van der Waals surface area contributed by atoms with Crippen LogP contribution in [0.25, 0.3) is 0 Å². The topological polar surface area (TPSA) is 67.2 Å². The summed E-state index contributed by atoms with van der Waals surface area (Å²) in [7, 11) is 0. The Kier molecular flexibility index (Phi) is 5.76. The van der Waals surface area contributed by atoms with E-state index in [0.717, 1.165) is 23.6 Å². The SMILES string of the molecule is CCSC1CCCCC1NC(=O)NCc1cc(C)on1. The van der Waals surface area contributed by atoms with Gasteiger partial charge in [0.05, 0.1) is 6.54 Å². The second kappa shape index (κ2) is 7.57. The van der Waals surface area contributed by atoms with Crippen molar-refractivity contribution in [1.29, 1.82) is 0 Å². The summed E-state index contributed by atoms with van der Waals surface area (Å²) in [6, 6.07) is 2.00. The Morgan fingerprint density at radius 3 is 3.00 bits per heavy atom. The van der Waals surface area contributed by atoms with E-state index in [0.29, 0.717) is 11.8 Å². The fourth-order valence-corrected chi connectivity index (χ4v) is 3.76. The molecule has 0 aromatic carbocycles. The van der Waals surface area contributed by atoms with Crippen molar-refractivity contribution in [3.63, 3.8) is 0 Å². The summed E-state index contributed by atoms with van der Waals surface area (Å²) in [5.41, 5.74) is 0.751. The van der Waals surface area contributed by atoms with Gasteiger partial charge in [-0.2, -0.15) is 11.8 Å². The second-order valence-corrected chi connectivity index (χ2v) is 6.66. The molecule has 0 radical (unpaired) electrons. The Labute approximate surface area is 124 Å². The molecule has 1 fully saturated rings. The predicted molar refractivity (Wildman–Crippen MR) is 80.8 cm³/mol. The maximum Gasteiger partial charge on any atom is 0.315 e. The van der Waals surface area contributed by atoms with E-state index in [4.69, 9.17) is 4.52 Å². The Balaban J connectivity index is 1.77. The summed E-state index contributed by atoms with van der Waals surface area (Å²) in [5.74, 6) is 1.86. The number of hydrogen-bond donors (Lipinski definition) is 2. The lowest BCUT2D eigenvalue weighted by Crippen LogP contribution is -2.47. The van der Waals surface area contributed by atoms with Gasteiger partial charge >= 0.3 is 6.03 Å². The zero-order valence-corrected chi connectivity index (χ0v) is 13.0. The van der Waals surface area contributed by atoms with Crippen LogP contribution in [0.1, 0.15) is 44.1 Å². The molecule has 0 aliphatic heterocycles. The Morgan fingerprint density at radius 2 is 2.30 bits per heavy atom. The average molecular weight is 297 g/mol. The van der Waals surface area contributed by atoms with Crippen LogP contribution in [0, 0.1) is 6.92 Å². The first-order valence-electron chi connectivity index (χ1n) is 7.27. The van der Waals surface area contributed by atoms with Gasteiger partial charge in [0, 0.05) is 17.4 Å². The number of aryl methyl sites for hydroxylation is 1. The highest BCUT2D eigenvalue weighted by Gasteiger charge is 2.26. The molecule has 1 heterocycles. The molecule has 1 aliphatic carbocycles. The van der Waals surface area contributed by atoms with E-state index >= 15 is 0 Å². The molecule has 1 aromatic heterocycles. The molecule has 1 saturated carbocycles.